The molecule has 1 unspecified atom stereocenters. The third kappa shape index (κ3) is 3.52. The van der Waals surface area contributed by atoms with E-state index in [1.807, 2.05) is 0 Å². The van der Waals surface area contributed by atoms with Gasteiger partial charge in [0.05, 0.1) is 0 Å². The summed E-state index contributed by atoms with van der Waals surface area (Å²) in [5.41, 5.74) is 0.535. The molecule has 1 saturated heterocycles. The van der Waals surface area contributed by atoms with E-state index in [0.29, 0.717) is 36.5 Å². The molecule has 1 N–H and O–H groups in total. The molecule has 0 saturated carbocycles. The van der Waals surface area contributed by atoms with Crippen molar-refractivity contribution < 1.29 is 31.5 Å². The van der Waals surface area contributed by atoms with E-state index < -0.39 is 32.6 Å². The van der Waals surface area contributed by atoms with Crippen LogP contribution in [0.4, 0.5) is 14.5 Å². The van der Waals surface area contributed by atoms with Crippen molar-refractivity contribution in [2.24, 2.45) is 0 Å². The number of anilines is 1. The highest BCUT2D eigenvalue weighted by atomic mass is 32.2. The van der Waals surface area contributed by atoms with E-state index in [1.165, 1.54) is 4.90 Å². The van der Waals surface area contributed by atoms with Crippen molar-refractivity contribution >= 4 is 21.6 Å². The van der Waals surface area contributed by atoms with E-state index >= 15 is 0 Å². The van der Waals surface area contributed by atoms with Gasteiger partial charge in [-0.05, 0) is 30.3 Å². The van der Waals surface area contributed by atoms with Gasteiger partial charge in [-0.15, -0.1) is 0 Å². The normalized spacial score (nSPS) is 19.1. The summed E-state index contributed by atoms with van der Waals surface area (Å²) in [7, 11) is -4.33. The molecule has 1 atom stereocenters. The third-order valence-corrected chi connectivity index (χ3v) is 6.00. The molecule has 2 aromatic carbocycles. The first-order valence-corrected chi connectivity index (χ1v) is 9.99. The molecule has 4 rings (SSSR count). The number of nitrogens with one attached hydrogen (secondary N) is 1. The average molecular weight is 410 g/mol. The second-order valence-corrected chi connectivity index (χ2v) is 8.11. The minimum Gasteiger partial charge on any atom is -0.486 e. The van der Waals surface area contributed by atoms with Crippen LogP contribution in [0.5, 0.6) is 11.5 Å². The number of hydrogen-bond donors (Lipinski definition) is 1. The number of fused-ring (bicyclic) bond motifs is 1. The Balaban J connectivity index is 1.53. The summed E-state index contributed by atoms with van der Waals surface area (Å²) < 4.78 is 65.2. The first kappa shape index (κ1) is 18.6. The summed E-state index contributed by atoms with van der Waals surface area (Å²) in [5, 5.41) is 0. The molecule has 0 radical (unpaired) electrons. The molecule has 1 fully saturated rings. The molecule has 2 aliphatic heterocycles. The number of amides is 1. The average Bonchev–Trinajstić information content (AvgIpc) is 3.02. The van der Waals surface area contributed by atoms with Gasteiger partial charge in [0, 0.05) is 30.8 Å². The summed E-state index contributed by atoms with van der Waals surface area (Å²) in [6.45, 7) is 0.885. The van der Waals surface area contributed by atoms with Gasteiger partial charge in [0.1, 0.15) is 29.7 Å². The molecule has 0 bridgehead atoms. The Labute approximate surface area is 159 Å². The van der Waals surface area contributed by atoms with Crippen molar-refractivity contribution in [3.05, 3.63) is 48.0 Å². The molecule has 0 aromatic heterocycles. The van der Waals surface area contributed by atoms with Crippen LogP contribution in [0.3, 0.4) is 0 Å². The molecule has 2 aliphatic rings. The molecular formula is C18H16F2N2O5S. The first-order valence-electron chi connectivity index (χ1n) is 8.51. The van der Waals surface area contributed by atoms with Gasteiger partial charge in [0.25, 0.3) is 0 Å². The van der Waals surface area contributed by atoms with Crippen LogP contribution in [-0.4, -0.2) is 40.1 Å². The maximum atomic E-state index is 13.8. The van der Waals surface area contributed by atoms with Crippen LogP contribution in [-0.2, 0) is 14.8 Å². The number of sulfonamides is 1. The van der Waals surface area contributed by atoms with Gasteiger partial charge in [-0.3, -0.25) is 4.79 Å². The molecule has 2 aromatic rings. The highest BCUT2D eigenvalue weighted by molar-refractivity contribution is 7.89. The second-order valence-electron chi connectivity index (χ2n) is 6.43. The highest BCUT2D eigenvalue weighted by Crippen LogP contribution is 2.35. The van der Waals surface area contributed by atoms with Crippen LogP contribution in [0.2, 0.25) is 0 Å². The lowest BCUT2D eigenvalue weighted by atomic mass is 10.2. The quantitative estimate of drug-likeness (QED) is 0.831. The highest BCUT2D eigenvalue weighted by Gasteiger charge is 2.35. The van der Waals surface area contributed by atoms with Crippen LogP contribution in [0.1, 0.15) is 6.42 Å². The van der Waals surface area contributed by atoms with E-state index in [9.17, 15) is 22.0 Å². The Morgan fingerprint density at radius 3 is 2.57 bits per heavy atom. The van der Waals surface area contributed by atoms with Crippen LogP contribution >= 0.6 is 0 Å². The van der Waals surface area contributed by atoms with Crippen molar-refractivity contribution in [1.29, 1.82) is 0 Å². The minimum absolute atomic E-state index is 0.0502. The van der Waals surface area contributed by atoms with Crippen molar-refractivity contribution in [1.82, 2.24) is 4.72 Å². The minimum atomic E-state index is -4.33. The predicted molar refractivity (Wildman–Crippen MR) is 94.9 cm³/mol. The number of carbonyl (C=O) groups is 1. The maximum Gasteiger partial charge on any atom is 0.243 e. The standard InChI is InChI=1S/C18H16F2N2O5S/c19-11-1-3-14(20)17(7-11)28(24,25)21-12-8-18(23)22(10-12)13-2-4-15-16(9-13)27-6-5-26-15/h1-4,7,9,12,21H,5-6,8,10H2. The van der Waals surface area contributed by atoms with Gasteiger partial charge in [0.15, 0.2) is 11.5 Å². The number of nitrogens with zero attached hydrogens (tertiary/aromatic N) is 1. The van der Waals surface area contributed by atoms with Crippen molar-refractivity contribution in [2.45, 2.75) is 17.4 Å². The number of hydrogen-bond acceptors (Lipinski definition) is 5. The predicted octanol–water partition coefficient (Wildman–Crippen LogP) is 1.82. The Morgan fingerprint density at radius 1 is 1.04 bits per heavy atom. The number of halogens is 2. The Bertz CT molecular complexity index is 1040. The largest absolute Gasteiger partial charge is 0.486 e. The summed E-state index contributed by atoms with van der Waals surface area (Å²) in [5.74, 6) is -1.17. The third-order valence-electron chi connectivity index (χ3n) is 4.47. The Morgan fingerprint density at radius 2 is 1.79 bits per heavy atom. The van der Waals surface area contributed by atoms with E-state index in [-0.39, 0.29) is 18.9 Å². The zero-order valence-electron chi connectivity index (χ0n) is 14.5. The van der Waals surface area contributed by atoms with Gasteiger partial charge < -0.3 is 14.4 Å². The zero-order chi connectivity index (χ0) is 19.9. The van der Waals surface area contributed by atoms with E-state index in [1.54, 1.807) is 18.2 Å². The van der Waals surface area contributed by atoms with Crippen LogP contribution < -0.4 is 19.1 Å². The van der Waals surface area contributed by atoms with E-state index in [0.717, 1.165) is 12.1 Å². The van der Waals surface area contributed by atoms with Crippen molar-refractivity contribution in [3.63, 3.8) is 0 Å². The van der Waals surface area contributed by atoms with Crippen LogP contribution in [0, 0.1) is 11.6 Å². The topological polar surface area (TPSA) is 84.9 Å². The maximum absolute atomic E-state index is 13.8. The SMILES string of the molecule is O=C1CC(NS(=O)(=O)c2cc(F)ccc2F)CN1c1ccc2c(c1)OCCO2. The smallest absolute Gasteiger partial charge is 0.243 e. The molecule has 0 spiro atoms. The summed E-state index contributed by atoms with van der Waals surface area (Å²) in [4.78, 5) is 13.0. The Kier molecular flexibility index (Phi) is 4.68. The number of ether oxygens (including phenoxy) is 2. The van der Waals surface area contributed by atoms with Gasteiger partial charge in [-0.2, -0.15) is 0 Å². The molecule has 28 heavy (non-hydrogen) atoms. The van der Waals surface area contributed by atoms with Gasteiger partial charge in [-0.25, -0.2) is 21.9 Å². The molecule has 1 amide bonds. The van der Waals surface area contributed by atoms with Gasteiger partial charge >= 0.3 is 0 Å². The zero-order valence-corrected chi connectivity index (χ0v) is 15.3. The van der Waals surface area contributed by atoms with Crippen molar-refractivity contribution in [3.8, 4) is 11.5 Å². The molecule has 2 heterocycles. The monoisotopic (exact) mass is 410 g/mol. The van der Waals surface area contributed by atoms with E-state index in [2.05, 4.69) is 4.72 Å². The lowest BCUT2D eigenvalue weighted by Gasteiger charge is -2.22. The van der Waals surface area contributed by atoms with Crippen LogP contribution in [0.15, 0.2) is 41.3 Å². The van der Waals surface area contributed by atoms with Gasteiger partial charge in [-0.1, -0.05) is 0 Å². The lowest BCUT2D eigenvalue weighted by molar-refractivity contribution is -0.117. The fraction of sp³-hybridized carbons (Fsp3) is 0.278. The van der Waals surface area contributed by atoms with Crippen molar-refractivity contribution in [2.75, 3.05) is 24.7 Å². The summed E-state index contributed by atoms with van der Waals surface area (Å²) in [6.07, 6.45) is -0.107. The Hall–Kier alpha value is -2.72. The van der Waals surface area contributed by atoms with Crippen LogP contribution in [0.25, 0.3) is 0 Å². The molecular weight excluding hydrogens is 394 g/mol. The molecule has 10 heteroatoms. The number of benzene rings is 2. The van der Waals surface area contributed by atoms with Gasteiger partial charge in [0.2, 0.25) is 15.9 Å². The molecule has 7 nitrogen and oxygen atoms in total. The summed E-state index contributed by atoms with van der Waals surface area (Å²) in [6, 6.07) is 6.39. The fourth-order valence-electron chi connectivity index (χ4n) is 3.20. The lowest BCUT2D eigenvalue weighted by Crippen LogP contribution is -2.37. The fourth-order valence-corrected chi connectivity index (χ4v) is 4.52. The first-order chi connectivity index (χ1) is 13.3. The second kappa shape index (κ2) is 7.02. The summed E-state index contributed by atoms with van der Waals surface area (Å²) >= 11 is 0. The van der Waals surface area contributed by atoms with E-state index in [4.69, 9.17) is 9.47 Å². The molecule has 0 aliphatic carbocycles. The molecule has 148 valence electrons. The number of carbonyl (C=O) groups excluding carboxylic acids is 1. The number of rotatable bonds is 4.